The number of nitrogens with zero attached hydrogens (tertiary/aromatic N) is 2. The van der Waals surface area contributed by atoms with Crippen molar-refractivity contribution in [2.24, 2.45) is 0 Å². The summed E-state index contributed by atoms with van der Waals surface area (Å²) in [5.74, 6) is 0.275. The number of ether oxygens (including phenoxy) is 2. The fraction of sp³-hybridized carbons (Fsp3) is 0.348. The largest absolute Gasteiger partial charge is 0.465 e. The second kappa shape index (κ2) is 10.4. The molecule has 0 fully saturated rings. The quantitative estimate of drug-likeness (QED) is 0.220. The van der Waals surface area contributed by atoms with Crippen LogP contribution in [0.15, 0.2) is 58.5 Å². The number of para-hydroxylation sites is 1. The fourth-order valence-electron chi connectivity index (χ4n) is 3.00. The molecule has 1 aromatic heterocycles. The van der Waals surface area contributed by atoms with Crippen molar-refractivity contribution >= 4 is 28.6 Å². The van der Waals surface area contributed by atoms with Gasteiger partial charge >= 0.3 is 5.97 Å². The lowest BCUT2D eigenvalue weighted by Crippen LogP contribution is -2.24. The molecule has 0 unspecified atom stereocenters. The first kappa shape index (κ1) is 22.1. The summed E-state index contributed by atoms with van der Waals surface area (Å²) in [5, 5.41) is 1.30. The monoisotopic (exact) mass is 426 g/mol. The average molecular weight is 427 g/mol. The van der Waals surface area contributed by atoms with Crippen LogP contribution in [0.2, 0.25) is 0 Å². The number of thioether (sulfide) groups is 1. The van der Waals surface area contributed by atoms with Crippen LogP contribution in [0.5, 0.6) is 0 Å². The molecule has 0 N–H and O–H groups in total. The number of esters is 1. The molecule has 0 aliphatic rings. The summed E-state index contributed by atoms with van der Waals surface area (Å²) in [5.41, 5.74) is 2.20. The van der Waals surface area contributed by atoms with Gasteiger partial charge in [0.25, 0.3) is 5.56 Å². The van der Waals surface area contributed by atoms with E-state index in [4.69, 9.17) is 14.5 Å². The molecule has 3 aromatic rings. The molecule has 30 heavy (non-hydrogen) atoms. The van der Waals surface area contributed by atoms with Gasteiger partial charge in [-0.25, -0.2) is 9.78 Å². The predicted octanol–water partition coefficient (Wildman–Crippen LogP) is 4.29. The van der Waals surface area contributed by atoms with E-state index in [1.54, 1.807) is 16.7 Å². The Balaban J connectivity index is 1.81. The predicted molar refractivity (Wildman–Crippen MR) is 119 cm³/mol. The number of rotatable bonds is 9. The third-order valence-electron chi connectivity index (χ3n) is 4.55. The van der Waals surface area contributed by atoms with Gasteiger partial charge in [0.2, 0.25) is 0 Å². The normalized spacial score (nSPS) is 11.2. The highest BCUT2D eigenvalue weighted by Crippen LogP contribution is 2.23. The van der Waals surface area contributed by atoms with Crippen LogP contribution < -0.4 is 5.56 Å². The summed E-state index contributed by atoms with van der Waals surface area (Å²) in [7, 11) is 1.36. The second-order valence-corrected chi connectivity index (χ2v) is 8.06. The minimum absolute atomic E-state index is 0.0336. The highest BCUT2D eigenvalue weighted by Gasteiger charge is 2.12. The number of hydrogen-bond donors (Lipinski definition) is 0. The standard InChI is InChI=1S/C23H26N2O4S/c1-16(2)29-14-6-13-25-21(26)19-7-4-5-8-20(19)24-23(25)30-15-17-9-11-18(12-10-17)22(27)28-3/h4-5,7-12,16H,6,13-15H2,1-3H3. The van der Waals surface area contributed by atoms with Gasteiger partial charge in [0, 0.05) is 18.9 Å². The smallest absolute Gasteiger partial charge is 0.337 e. The second-order valence-electron chi connectivity index (χ2n) is 7.12. The summed E-state index contributed by atoms with van der Waals surface area (Å²) < 4.78 is 12.1. The topological polar surface area (TPSA) is 70.4 Å². The minimum Gasteiger partial charge on any atom is -0.465 e. The van der Waals surface area contributed by atoms with E-state index in [0.717, 1.165) is 12.0 Å². The van der Waals surface area contributed by atoms with Crippen LogP contribution in [0.4, 0.5) is 0 Å². The maximum atomic E-state index is 13.1. The van der Waals surface area contributed by atoms with Crippen molar-refractivity contribution in [2.75, 3.05) is 13.7 Å². The van der Waals surface area contributed by atoms with Crippen LogP contribution in [-0.2, 0) is 21.8 Å². The number of carbonyl (C=O) groups excluding carboxylic acids is 1. The van der Waals surface area contributed by atoms with Crippen LogP contribution >= 0.6 is 11.8 Å². The summed E-state index contributed by atoms with van der Waals surface area (Å²) >= 11 is 1.51. The van der Waals surface area contributed by atoms with Crippen molar-refractivity contribution in [3.05, 3.63) is 70.0 Å². The summed E-state index contributed by atoms with van der Waals surface area (Å²) in [6, 6.07) is 14.7. The van der Waals surface area contributed by atoms with Gasteiger partial charge in [-0.1, -0.05) is 36.0 Å². The molecule has 0 radical (unpaired) electrons. The van der Waals surface area contributed by atoms with Gasteiger partial charge in [-0.2, -0.15) is 0 Å². The Morgan fingerprint density at radius 1 is 1.13 bits per heavy atom. The van der Waals surface area contributed by atoms with E-state index < -0.39 is 0 Å². The van der Waals surface area contributed by atoms with Crippen LogP contribution in [0, 0.1) is 0 Å². The zero-order valence-electron chi connectivity index (χ0n) is 17.5. The Morgan fingerprint density at radius 3 is 2.57 bits per heavy atom. The molecule has 158 valence electrons. The molecular weight excluding hydrogens is 400 g/mol. The molecule has 0 bridgehead atoms. The van der Waals surface area contributed by atoms with E-state index >= 15 is 0 Å². The summed E-state index contributed by atoms with van der Waals surface area (Å²) in [6.45, 7) is 5.13. The van der Waals surface area contributed by atoms with E-state index in [1.807, 2.05) is 50.2 Å². The van der Waals surface area contributed by atoms with Crippen molar-refractivity contribution in [3.8, 4) is 0 Å². The maximum absolute atomic E-state index is 13.1. The SMILES string of the molecule is COC(=O)c1ccc(CSc2nc3ccccc3c(=O)n2CCCOC(C)C)cc1. The zero-order valence-corrected chi connectivity index (χ0v) is 18.3. The average Bonchev–Trinajstić information content (AvgIpc) is 2.76. The minimum atomic E-state index is -0.358. The van der Waals surface area contributed by atoms with E-state index in [2.05, 4.69) is 0 Å². The fourth-order valence-corrected chi connectivity index (χ4v) is 3.98. The van der Waals surface area contributed by atoms with Gasteiger partial charge < -0.3 is 9.47 Å². The lowest BCUT2D eigenvalue weighted by atomic mass is 10.1. The Kier molecular flexibility index (Phi) is 7.65. The molecule has 6 nitrogen and oxygen atoms in total. The molecule has 1 heterocycles. The third kappa shape index (κ3) is 5.49. The van der Waals surface area contributed by atoms with Gasteiger partial charge in [-0.15, -0.1) is 0 Å². The Hall–Kier alpha value is -2.64. The molecule has 0 aliphatic carbocycles. The highest BCUT2D eigenvalue weighted by atomic mass is 32.2. The number of carbonyl (C=O) groups is 1. The molecule has 0 saturated carbocycles. The summed E-state index contributed by atoms with van der Waals surface area (Å²) in [4.78, 5) is 29.4. The number of hydrogen-bond acceptors (Lipinski definition) is 6. The molecular formula is C23H26N2O4S. The van der Waals surface area contributed by atoms with Gasteiger partial charge in [-0.05, 0) is 50.1 Å². The first-order valence-electron chi connectivity index (χ1n) is 9.91. The molecule has 7 heteroatoms. The number of aromatic nitrogens is 2. The van der Waals surface area contributed by atoms with Gasteiger partial charge in [-0.3, -0.25) is 9.36 Å². The van der Waals surface area contributed by atoms with Crippen LogP contribution in [0.3, 0.4) is 0 Å². The van der Waals surface area contributed by atoms with E-state index in [9.17, 15) is 9.59 Å². The zero-order chi connectivity index (χ0) is 21.5. The first-order chi connectivity index (χ1) is 14.5. The molecule has 2 aromatic carbocycles. The van der Waals surface area contributed by atoms with Crippen molar-refractivity contribution in [3.63, 3.8) is 0 Å². The van der Waals surface area contributed by atoms with E-state index in [-0.39, 0.29) is 17.6 Å². The Bertz CT molecular complexity index is 1060. The molecule has 0 aliphatic heterocycles. The lowest BCUT2D eigenvalue weighted by molar-refractivity contribution is 0.0600. The molecule has 0 atom stereocenters. The first-order valence-corrected chi connectivity index (χ1v) is 10.9. The van der Waals surface area contributed by atoms with E-state index in [0.29, 0.717) is 40.5 Å². The van der Waals surface area contributed by atoms with Crippen LogP contribution in [-0.4, -0.2) is 35.3 Å². The molecule has 3 rings (SSSR count). The van der Waals surface area contributed by atoms with Crippen molar-refractivity contribution in [2.45, 2.75) is 43.8 Å². The highest BCUT2D eigenvalue weighted by molar-refractivity contribution is 7.98. The van der Waals surface area contributed by atoms with Crippen LogP contribution in [0.1, 0.15) is 36.2 Å². The number of benzene rings is 2. The molecule has 0 amide bonds. The number of methoxy groups -OCH3 is 1. The van der Waals surface area contributed by atoms with Crippen molar-refractivity contribution in [1.29, 1.82) is 0 Å². The Morgan fingerprint density at radius 2 is 1.87 bits per heavy atom. The third-order valence-corrected chi connectivity index (χ3v) is 5.59. The van der Waals surface area contributed by atoms with Gasteiger partial charge in [0.15, 0.2) is 5.16 Å². The Labute approximate surface area is 180 Å². The van der Waals surface area contributed by atoms with Crippen LogP contribution in [0.25, 0.3) is 10.9 Å². The lowest BCUT2D eigenvalue weighted by Gasteiger charge is -2.14. The van der Waals surface area contributed by atoms with Gasteiger partial charge in [0.1, 0.15) is 0 Å². The summed E-state index contributed by atoms with van der Waals surface area (Å²) in [6.07, 6.45) is 0.901. The maximum Gasteiger partial charge on any atom is 0.337 e. The van der Waals surface area contributed by atoms with Crippen molar-refractivity contribution < 1.29 is 14.3 Å². The molecule has 0 saturated heterocycles. The number of fused-ring (bicyclic) bond motifs is 1. The molecule has 0 spiro atoms. The van der Waals surface area contributed by atoms with E-state index in [1.165, 1.54) is 18.9 Å². The van der Waals surface area contributed by atoms with Gasteiger partial charge in [0.05, 0.1) is 29.7 Å². The van der Waals surface area contributed by atoms with Crippen molar-refractivity contribution in [1.82, 2.24) is 9.55 Å².